The van der Waals surface area contributed by atoms with E-state index in [-0.39, 0.29) is 23.3 Å². The van der Waals surface area contributed by atoms with E-state index in [4.69, 9.17) is 11.6 Å². The van der Waals surface area contributed by atoms with E-state index in [1.54, 1.807) is 12.1 Å². The molecule has 23 heavy (non-hydrogen) atoms. The average Bonchev–Trinajstić information content (AvgIpc) is 3.31. The summed E-state index contributed by atoms with van der Waals surface area (Å²) in [5.41, 5.74) is 2.19. The molecule has 0 aromatic heterocycles. The number of benzene rings is 2. The first kappa shape index (κ1) is 16.5. The number of aliphatic hydroxyl groups is 1. The van der Waals surface area contributed by atoms with E-state index < -0.39 is 15.1 Å². The largest absolute Gasteiger partial charge is 0.396 e. The third-order valence-electron chi connectivity index (χ3n) is 4.58. The van der Waals surface area contributed by atoms with E-state index in [0.717, 1.165) is 12.0 Å². The van der Waals surface area contributed by atoms with Crippen molar-refractivity contribution in [1.29, 1.82) is 0 Å². The lowest BCUT2D eigenvalue weighted by atomic mass is 10.1. The van der Waals surface area contributed by atoms with Gasteiger partial charge in [0, 0.05) is 23.5 Å². The zero-order valence-corrected chi connectivity index (χ0v) is 14.4. The summed E-state index contributed by atoms with van der Waals surface area (Å²) >= 11 is 5.83. The van der Waals surface area contributed by atoms with Crippen molar-refractivity contribution in [2.45, 2.75) is 29.4 Å². The Bertz CT molecular complexity index is 782. The lowest BCUT2D eigenvalue weighted by Crippen LogP contribution is -2.11. The Labute approximate surface area is 141 Å². The van der Waals surface area contributed by atoms with Crippen molar-refractivity contribution >= 4 is 21.4 Å². The number of hydrogen-bond acceptors (Lipinski definition) is 3. The van der Waals surface area contributed by atoms with E-state index in [2.05, 4.69) is 6.92 Å². The second-order valence-electron chi connectivity index (χ2n) is 5.93. The fourth-order valence-corrected chi connectivity index (χ4v) is 5.50. The van der Waals surface area contributed by atoms with Crippen LogP contribution in [0, 0.1) is 5.92 Å². The molecule has 1 saturated carbocycles. The number of sulfone groups is 1. The van der Waals surface area contributed by atoms with Gasteiger partial charge in [-0.15, -0.1) is 0 Å². The number of aryl methyl sites for hydroxylation is 1. The fourth-order valence-electron chi connectivity index (χ4n) is 3.18. The van der Waals surface area contributed by atoms with Gasteiger partial charge in [0.1, 0.15) is 0 Å². The third-order valence-corrected chi connectivity index (χ3v) is 7.12. The van der Waals surface area contributed by atoms with Crippen LogP contribution < -0.4 is 0 Å². The quantitative estimate of drug-likeness (QED) is 0.898. The summed E-state index contributed by atoms with van der Waals surface area (Å²) < 4.78 is 25.7. The normalized spacial score (nSPS) is 23.7. The average molecular weight is 351 g/mol. The van der Waals surface area contributed by atoms with Crippen LogP contribution in [-0.4, -0.2) is 25.4 Å². The van der Waals surface area contributed by atoms with Gasteiger partial charge in [0.25, 0.3) is 0 Å². The second-order valence-corrected chi connectivity index (χ2v) is 8.47. The zero-order valence-electron chi connectivity index (χ0n) is 12.8. The van der Waals surface area contributed by atoms with Gasteiger partial charge in [-0.2, -0.15) is 0 Å². The Morgan fingerprint density at radius 1 is 1.04 bits per heavy atom. The monoisotopic (exact) mass is 350 g/mol. The zero-order chi connectivity index (χ0) is 16.6. The van der Waals surface area contributed by atoms with Gasteiger partial charge in [0.2, 0.25) is 0 Å². The first-order valence-electron chi connectivity index (χ1n) is 7.68. The minimum absolute atomic E-state index is 0.127. The summed E-state index contributed by atoms with van der Waals surface area (Å²) in [6.07, 6.45) is 0.945. The molecule has 1 N–H and O–H groups in total. The molecule has 3 rings (SSSR count). The summed E-state index contributed by atoms with van der Waals surface area (Å²) in [7, 11) is -3.48. The molecule has 5 heteroatoms. The maximum atomic E-state index is 12.8. The van der Waals surface area contributed by atoms with Crippen LogP contribution in [0.1, 0.15) is 24.0 Å². The van der Waals surface area contributed by atoms with Gasteiger partial charge >= 0.3 is 0 Å². The minimum Gasteiger partial charge on any atom is -0.396 e. The maximum absolute atomic E-state index is 12.8. The Kier molecular flexibility index (Phi) is 4.50. The molecule has 0 heterocycles. The van der Waals surface area contributed by atoms with Crippen molar-refractivity contribution < 1.29 is 13.5 Å². The van der Waals surface area contributed by atoms with Crippen LogP contribution in [0.15, 0.2) is 53.4 Å². The summed E-state index contributed by atoms with van der Waals surface area (Å²) in [6, 6.07) is 14.2. The van der Waals surface area contributed by atoms with Crippen LogP contribution in [0.2, 0.25) is 5.02 Å². The molecule has 0 saturated heterocycles. The highest BCUT2D eigenvalue weighted by atomic mass is 35.5. The van der Waals surface area contributed by atoms with Crippen LogP contribution in [0.5, 0.6) is 0 Å². The summed E-state index contributed by atoms with van der Waals surface area (Å²) in [4.78, 5) is 0.262. The maximum Gasteiger partial charge on any atom is 0.182 e. The number of hydrogen-bond donors (Lipinski definition) is 1. The molecular weight excluding hydrogens is 332 g/mol. The standard InChI is InChI=1S/C18H19ClO3S/c1-2-12-3-5-13(6-4-12)17-16(11-20)18(17)23(21,22)15-9-7-14(19)8-10-15/h3-10,16-18,20H,2,11H2,1H3/t16-,17-,18-/m1/s1. The Hall–Kier alpha value is -1.36. The topological polar surface area (TPSA) is 54.4 Å². The molecule has 1 aliphatic rings. The Morgan fingerprint density at radius 3 is 2.17 bits per heavy atom. The van der Waals surface area contributed by atoms with Crippen LogP contribution in [0.4, 0.5) is 0 Å². The lowest BCUT2D eigenvalue weighted by Gasteiger charge is -2.05. The minimum atomic E-state index is -3.48. The van der Waals surface area contributed by atoms with Gasteiger partial charge < -0.3 is 5.11 Å². The van der Waals surface area contributed by atoms with Gasteiger partial charge in [-0.05, 0) is 41.8 Å². The lowest BCUT2D eigenvalue weighted by molar-refractivity contribution is 0.274. The first-order chi connectivity index (χ1) is 11.0. The van der Waals surface area contributed by atoms with Gasteiger partial charge in [-0.1, -0.05) is 42.8 Å². The van der Waals surface area contributed by atoms with Crippen LogP contribution >= 0.6 is 11.6 Å². The molecule has 1 fully saturated rings. The molecular formula is C18H19ClO3S. The van der Waals surface area contributed by atoms with Crippen LogP contribution in [-0.2, 0) is 16.3 Å². The number of halogens is 1. The molecule has 2 aromatic rings. The van der Waals surface area contributed by atoms with E-state index in [1.165, 1.54) is 17.7 Å². The molecule has 122 valence electrons. The predicted octanol–water partition coefficient (Wildman–Crippen LogP) is 3.45. The molecule has 0 spiro atoms. The molecule has 3 atom stereocenters. The van der Waals surface area contributed by atoms with Crippen molar-refractivity contribution in [3.63, 3.8) is 0 Å². The van der Waals surface area contributed by atoms with Gasteiger partial charge in [-0.3, -0.25) is 0 Å². The first-order valence-corrected chi connectivity index (χ1v) is 9.60. The van der Waals surface area contributed by atoms with Crippen molar-refractivity contribution in [2.75, 3.05) is 6.61 Å². The molecule has 0 bridgehead atoms. The molecule has 2 aromatic carbocycles. The molecule has 0 radical (unpaired) electrons. The number of aliphatic hydroxyl groups excluding tert-OH is 1. The van der Waals surface area contributed by atoms with Crippen molar-refractivity contribution in [3.05, 3.63) is 64.7 Å². The van der Waals surface area contributed by atoms with Crippen molar-refractivity contribution in [1.82, 2.24) is 0 Å². The Balaban J connectivity index is 1.90. The number of rotatable bonds is 5. The predicted molar refractivity (Wildman–Crippen MR) is 91.6 cm³/mol. The van der Waals surface area contributed by atoms with E-state index >= 15 is 0 Å². The highest BCUT2D eigenvalue weighted by Gasteiger charge is 2.58. The van der Waals surface area contributed by atoms with Gasteiger partial charge in [0.15, 0.2) is 9.84 Å². The third kappa shape index (κ3) is 3.03. The molecule has 0 aliphatic heterocycles. The molecule has 3 nitrogen and oxygen atoms in total. The van der Waals surface area contributed by atoms with Crippen molar-refractivity contribution in [3.8, 4) is 0 Å². The highest BCUT2D eigenvalue weighted by Crippen LogP contribution is 2.53. The highest BCUT2D eigenvalue weighted by molar-refractivity contribution is 7.92. The Morgan fingerprint density at radius 2 is 1.65 bits per heavy atom. The van der Waals surface area contributed by atoms with E-state index in [1.807, 2.05) is 24.3 Å². The summed E-state index contributed by atoms with van der Waals surface area (Å²) in [5.74, 6) is -0.394. The fraction of sp³-hybridized carbons (Fsp3) is 0.333. The summed E-state index contributed by atoms with van der Waals surface area (Å²) in [5, 5.41) is 9.51. The molecule has 0 amide bonds. The van der Waals surface area contributed by atoms with E-state index in [0.29, 0.717) is 5.02 Å². The molecule has 0 unspecified atom stereocenters. The van der Waals surface area contributed by atoms with Gasteiger partial charge in [-0.25, -0.2) is 8.42 Å². The van der Waals surface area contributed by atoms with Crippen LogP contribution in [0.25, 0.3) is 0 Å². The van der Waals surface area contributed by atoms with E-state index in [9.17, 15) is 13.5 Å². The molecule has 1 aliphatic carbocycles. The van der Waals surface area contributed by atoms with Crippen LogP contribution in [0.3, 0.4) is 0 Å². The van der Waals surface area contributed by atoms with Gasteiger partial charge in [0.05, 0.1) is 10.1 Å². The van der Waals surface area contributed by atoms with Crippen molar-refractivity contribution in [2.24, 2.45) is 5.92 Å². The second kappa shape index (κ2) is 6.27. The SMILES string of the molecule is CCc1ccc([C@@H]2[C@@H](CO)[C@H]2S(=O)(=O)c2ccc(Cl)cc2)cc1. The smallest absolute Gasteiger partial charge is 0.182 e. The summed E-state index contributed by atoms with van der Waals surface area (Å²) in [6.45, 7) is 1.95.